The monoisotopic (exact) mass is 278 g/mol. The van der Waals surface area contributed by atoms with Crippen molar-refractivity contribution in [1.29, 1.82) is 5.26 Å². The van der Waals surface area contributed by atoms with Gasteiger partial charge in [0.2, 0.25) is 0 Å². The van der Waals surface area contributed by atoms with Crippen LogP contribution in [0.4, 0.5) is 0 Å². The molecule has 0 heterocycles. The van der Waals surface area contributed by atoms with Crippen LogP contribution in [0, 0.1) is 16.7 Å². The summed E-state index contributed by atoms with van der Waals surface area (Å²) in [5.41, 5.74) is 1.08. The molecule has 1 rings (SSSR count). The third-order valence-corrected chi connectivity index (χ3v) is 4.25. The van der Waals surface area contributed by atoms with Gasteiger partial charge in [-0.3, -0.25) is 4.79 Å². The predicted molar refractivity (Wildman–Crippen MR) is 77.2 cm³/mol. The van der Waals surface area contributed by atoms with Crippen molar-refractivity contribution < 1.29 is 4.79 Å². The molecule has 0 aliphatic carbocycles. The van der Waals surface area contributed by atoms with E-state index in [1.807, 2.05) is 6.07 Å². The molecule has 0 aliphatic heterocycles. The number of alkyl halides is 1. The van der Waals surface area contributed by atoms with Gasteiger partial charge in [-0.25, -0.2) is 0 Å². The molecule has 1 aromatic carbocycles. The van der Waals surface area contributed by atoms with Crippen molar-refractivity contribution in [2.75, 3.05) is 12.4 Å². The summed E-state index contributed by atoms with van der Waals surface area (Å²) in [7, 11) is 0. The maximum atomic E-state index is 12.0. The summed E-state index contributed by atoms with van der Waals surface area (Å²) in [6.45, 7) is 4.74. The maximum absolute atomic E-state index is 12.0. The number of carbonyl (C=O) groups is 1. The largest absolute Gasteiger partial charge is 0.351 e. The normalized spacial score (nSPS) is 10.8. The van der Waals surface area contributed by atoms with E-state index in [4.69, 9.17) is 16.9 Å². The van der Waals surface area contributed by atoms with Crippen molar-refractivity contribution in [3.05, 3.63) is 35.4 Å². The summed E-state index contributed by atoms with van der Waals surface area (Å²) in [6, 6.07) is 8.63. The van der Waals surface area contributed by atoms with E-state index < -0.39 is 0 Å². The smallest absolute Gasteiger partial charge is 0.251 e. The molecule has 3 nitrogen and oxygen atoms in total. The predicted octanol–water partition coefficient (Wildman–Crippen LogP) is 3.33. The molecular weight excluding hydrogens is 260 g/mol. The minimum Gasteiger partial charge on any atom is -0.351 e. The molecule has 19 heavy (non-hydrogen) atoms. The Kier molecular flexibility index (Phi) is 5.85. The fraction of sp³-hybridized carbons (Fsp3) is 0.467. The molecule has 102 valence electrons. The van der Waals surface area contributed by atoms with Gasteiger partial charge in [0.1, 0.15) is 0 Å². The number of carbonyl (C=O) groups excluding carboxylic acids is 1. The van der Waals surface area contributed by atoms with Gasteiger partial charge in [-0.05, 0) is 37.1 Å². The van der Waals surface area contributed by atoms with Crippen LogP contribution in [0.5, 0.6) is 0 Å². The van der Waals surface area contributed by atoms with E-state index in [0.717, 1.165) is 12.8 Å². The molecule has 0 aliphatic rings. The highest BCUT2D eigenvalue weighted by Crippen LogP contribution is 2.26. The number of nitrogens with one attached hydrogen (secondary N) is 1. The first-order chi connectivity index (χ1) is 9.10. The third-order valence-electron chi connectivity index (χ3n) is 3.68. The van der Waals surface area contributed by atoms with E-state index in [2.05, 4.69) is 19.2 Å². The Morgan fingerprint density at radius 3 is 2.32 bits per heavy atom. The van der Waals surface area contributed by atoms with Crippen LogP contribution < -0.4 is 5.32 Å². The SMILES string of the molecule is CCC(CC)(CCl)CNC(=O)c1ccc(C#N)cc1. The summed E-state index contributed by atoms with van der Waals surface area (Å²) in [4.78, 5) is 12.0. The Morgan fingerprint density at radius 2 is 1.89 bits per heavy atom. The summed E-state index contributed by atoms with van der Waals surface area (Å²) in [6.07, 6.45) is 1.86. The molecule has 0 saturated heterocycles. The maximum Gasteiger partial charge on any atom is 0.251 e. The van der Waals surface area contributed by atoms with Gasteiger partial charge < -0.3 is 5.32 Å². The summed E-state index contributed by atoms with van der Waals surface area (Å²) < 4.78 is 0. The Bertz CT molecular complexity index is 450. The molecule has 1 amide bonds. The van der Waals surface area contributed by atoms with Gasteiger partial charge >= 0.3 is 0 Å². The fourth-order valence-electron chi connectivity index (χ4n) is 1.80. The molecule has 0 bridgehead atoms. The van der Waals surface area contributed by atoms with E-state index in [-0.39, 0.29) is 11.3 Å². The van der Waals surface area contributed by atoms with Gasteiger partial charge in [-0.1, -0.05) is 13.8 Å². The van der Waals surface area contributed by atoms with Crippen LogP contribution in [0.1, 0.15) is 42.6 Å². The molecule has 1 aromatic rings. The second kappa shape index (κ2) is 7.16. The van der Waals surface area contributed by atoms with Crippen molar-refractivity contribution >= 4 is 17.5 Å². The lowest BCUT2D eigenvalue weighted by molar-refractivity contribution is 0.0932. The molecule has 0 aromatic heterocycles. The van der Waals surface area contributed by atoms with E-state index >= 15 is 0 Å². The second-order valence-electron chi connectivity index (χ2n) is 4.71. The highest BCUT2D eigenvalue weighted by atomic mass is 35.5. The van der Waals surface area contributed by atoms with Crippen molar-refractivity contribution in [2.24, 2.45) is 5.41 Å². The highest BCUT2D eigenvalue weighted by molar-refractivity contribution is 6.18. The quantitative estimate of drug-likeness (QED) is 0.812. The first-order valence-corrected chi connectivity index (χ1v) is 6.98. The summed E-state index contributed by atoms with van der Waals surface area (Å²) in [5.74, 6) is 0.411. The Balaban J connectivity index is 2.67. The number of rotatable bonds is 6. The van der Waals surface area contributed by atoms with Gasteiger partial charge in [0, 0.05) is 23.4 Å². The topological polar surface area (TPSA) is 52.9 Å². The molecule has 0 atom stereocenters. The van der Waals surface area contributed by atoms with E-state index in [1.165, 1.54) is 0 Å². The lowest BCUT2D eigenvalue weighted by Crippen LogP contribution is -2.38. The Labute approximate surface area is 119 Å². The minimum atomic E-state index is -0.124. The van der Waals surface area contributed by atoms with Crippen molar-refractivity contribution in [1.82, 2.24) is 5.32 Å². The number of hydrogen-bond acceptors (Lipinski definition) is 2. The summed E-state index contributed by atoms with van der Waals surface area (Å²) >= 11 is 6.01. The van der Waals surface area contributed by atoms with Crippen LogP contribution in [0.2, 0.25) is 0 Å². The van der Waals surface area contributed by atoms with Crippen molar-refractivity contribution in [3.8, 4) is 6.07 Å². The molecule has 0 fully saturated rings. The average molecular weight is 279 g/mol. The standard InChI is InChI=1S/C15H19ClN2O/c1-3-15(4-2,10-16)11-18-14(19)13-7-5-12(9-17)6-8-13/h5-8H,3-4,10-11H2,1-2H3,(H,18,19). The number of benzene rings is 1. The Morgan fingerprint density at radius 1 is 1.32 bits per heavy atom. The molecule has 0 unspecified atom stereocenters. The molecule has 0 radical (unpaired) electrons. The number of halogens is 1. The molecule has 1 N–H and O–H groups in total. The Hall–Kier alpha value is -1.53. The van der Waals surface area contributed by atoms with Crippen LogP contribution in [0.3, 0.4) is 0 Å². The zero-order valence-corrected chi connectivity index (χ0v) is 12.1. The van der Waals surface area contributed by atoms with E-state index in [0.29, 0.717) is 23.6 Å². The van der Waals surface area contributed by atoms with Crippen molar-refractivity contribution in [3.63, 3.8) is 0 Å². The number of nitrogens with zero attached hydrogens (tertiary/aromatic N) is 1. The van der Waals surface area contributed by atoms with Crippen LogP contribution in [-0.4, -0.2) is 18.3 Å². The van der Waals surface area contributed by atoms with Crippen LogP contribution >= 0.6 is 11.6 Å². The lowest BCUT2D eigenvalue weighted by Gasteiger charge is -2.29. The van der Waals surface area contributed by atoms with Crippen LogP contribution in [-0.2, 0) is 0 Å². The van der Waals surface area contributed by atoms with Gasteiger partial charge in [0.25, 0.3) is 5.91 Å². The zero-order valence-electron chi connectivity index (χ0n) is 11.4. The van der Waals surface area contributed by atoms with E-state index in [9.17, 15) is 4.79 Å². The highest BCUT2D eigenvalue weighted by Gasteiger charge is 2.25. The van der Waals surface area contributed by atoms with Gasteiger partial charge in [0.05, 0.1) is 11.6 Å². The number of amides is 1. The molecule has 0 saturated carbocycles. The number of nitriles is 1. The van der Waals surface area contributed by atoms with Gasteiger partial charge in [-0.15, -0.1) is 11.6 Å². The molecule has 0 spiro atoms. The van der Waals surface area contributed by atoms with Gasteiger partial charge in [0.15, 0.2) is 0 Å². The lowest BCUT2D eigenvalue weighted by atomic mass is 9.84. The second-order valence-corrected chi connectivity index (χ2v) is 4.98. The van der Waals surface area contributed by atoms with Gasteiger partial charge in [-0.2, -0.15) is 5.26 Å². The number of hydrogen-bond donors (Lipinski definition) is 1. The van der Waals surface area contributed by atoms with Crippen LogP contribution in [0.25, 0.3) is 0 Å². The zero-order chi connectivity index (χ0) is 14.3. The molecular formula is C15H19ClN2O. The first-order valence-electron chi connectivity index (χ1n) is 6.45. The third kappa shape index (κ3) is 3.97. The fourth-order valence-corrected chi connectivity index (χ4v) is 2.27. The van der Waals surface area contributed by atoms with E-state index in [1.54, 1.807) is 24.3 Å². The summed E-state index contributed by atoms with van der Waals surface area (Å²) in [5, 5.41) is 11.6. The average Bonchev–Trinajstić information content (AvgIpc) is 2.49. The first kappa shape index (κ1) is 15.5. The van der Waals surface area contributed by atoms with Crippen LogP contribution in [0.15, 0.2) is 24.3 Å². The molecule has 4 heteroatoms. The minimum absolute atomic E-state index is 0.0379. The van der Waals surface area contributed by atoms with Crippen molar-refractivity contribution in [2.45, 2.75) is 26.7 Å².